The summed E-state index contributed by atoms with van der Waals surface area (Å²) < 4.78 is 11.1. The molecule has 0 unspecified atom stereocenters. The third-order valence-corrected chi connectivity index (χ3v) is 5.14. The van der Waals surface area contributed by atoms with Gasteiger partial charge in [0.1, 0.15) is 0 Å². The van der Waals surface area contributed by atoms with Crippen molar-refractivity contribution in [2.24, 2.45) is 0 Å². The summed E-state index contributed by atoms with van der Waals surface area (Å²) in [6.07, 6.45) is 3.69. The van der Waals surface area contributed by atoms with Crippen LogP contribution < -0.4 is 0 Å². The van der Waals surface area contributed by atoms with Gasteiger partial charge in [0, 0.05) is 13.2 Å². The molecule has 2 N–H and O–H groups in total. The number of hydrogen-bond donors (Lipinski definition) is 2. The predicted molar refractivity (Wildman–Crippen MR) is 76.7 cm³/mol. The normalized spacial score (nSPS) is 12.3. The van der Waals surface area contributed by atoms with E-state index >= 15 is 0 Å². The SMILES string of the molecule is CCCCOC(CSP(O)(O)=S)OCCCC. The Hall–Kier alpha value is 0.840. The van der Waals surface area contributed by atoms with Crippen LogP contribution in [0.2, 0.25) is 0 Å². The summed E-state index contributed by atoms with van der Waals surface area (Å²) in [4.78, 5) is 18.3. The zero-order valence-corrected chi connectivity index (χ0v) is 13.0. The monoisotopic (exact) mass is 302 g/mol. The Kier molecular flexibility index (Phi) is 11.3. The molecular formula is C10H23O4PS2. The van der Waals surface area contributed by atoms with Crippen LogP contribution in [0.4, 0.5) is 0 Å². The largest absolute Gasteiger partial charge is 0.352 e. The van der Waals surface area contributed by atoms with E-state index in [1.165, 1.54) is 0 Å². The summed E-state index contributed by atoms with van der Waals surface area (Å²) in [5, 5.41) is 0. The third kappa shape index (κ3) is 13.1. The van der Waals surface area contributed by atoms with Gasteiger partial charge in [-0.15, -0.1) is 0 Å². The summed E-state index contributed by atoms with van der Waals surface area (Å²) in [6.45, 7) is 5.44. The maximum atomic E-state index is 9.14. The van der Waals surface area contributed by atoms with Gasteiger partial charge in [-0.05, 0) is 24.6 Å². The molecule has 0 heterocycles. The molecular weight excluding hydrogens is 279 g/mol. The summed E-state index contributed by atoms with van der Waals surface area (Å²) >= 11 is 5.49. The minimum atomic E-state index is -3.21. The lowest BCUT2D eigenvalue weighted by atomic mass is 10.4. The Morgan fingerprint density at radius 1 is 1.12 bits per heavy atom. The van der Waals surface area contributed by atoms with Gasteiger partial charge in [-0.2, -0.15) is 0 Å². The van der Waals surface area contributed by atoms with E-state index in [0.717, 1.165) is 37.1 Å². The molecule has 0 aromatic rings. The highest BCUT2D eigenvalue weighted by Crippen LogP contribution is 2.50. The molecule has 17 heavy (non-hydrogen) atoms. The van der Waals surface area contributed by atoms with Crippen LogP contribution in [0.25, 0.3) is 0 Å². The highest BCUT2D eigenvalue weighted by Gasteiger charge is 2.15. The zero-order chi connectivity index (χ0) is 13.1. The van der Waals surface area contributed by atoms with Crippen molar-refractivity contribution in [1.82, 2.24) is 0 Å². The van der Waals surface area contributed by atoms with Crippen LogP contribution in [-0.4, -0.2) is 35.0 Å². The molecule has 0 aliphatic carbocycles. The van der Waals surface area contributed by atoms with Gasteiger partial charge in [-0.25, -0.2) is 0 Å². The smallest absolute Gasteiger partial charge is 0.242 e. The lowest BCUT2D eigenvalue weighted by molar-refractivity contribution is -0.128. The second-order valence-corrected chi connectivity index (χ2v) is 9.76. The maximum Gasteiger partial charge on any atom is 0.242 e. The van der Waals surface area contributed by atoms with E-state index < -0.39 is 5.69 Å². The molecule has 0 radical (unpaired) electrons. The van der Waals surface area contributed by atoms with E-state index in [1.54, 1.807) is 0 Å². The molecule has 0 rings (SSSR count). The minimum Gasteiger partial charge on any atom is -0.352 e. The maximum absolute atomic E-state index is 9.14. The Labute approximate surface area is 113 Å². The van der Waals surface area contributed by atoms with E-state index in [4.69, 9.17) is 19.3 Å². The molecule has 0 aliphatic rings. The summed E-state index contributed by atoms with van der Waals surface area (Å²) in [7, 11) is 0. The minimum absolute atomic E-state index is 0.373. The van der Waals surface area contributed by atoms with E-state index in [9.17, 15) is 0 Å². The topological polar surface area (TPSA) is 58.9 Å². The molecule has 0 aliphatic heterocycles. The van der Waals surface area contributed by atoms with Crippen molar-refractivity contribution >= 4 is 28.9 Å². The highest BCUT2D eigenvalue weighted by molar-refractivity contribution is 8.67. The van der Waals surface area contributed by atoms with Crippen molar-refractivity contribution in [3.63, 3.8) is 0 Å². The summed E-state index contributed by atoms with van der Waals surface area (Å²) in [5.41, 5.74) is -3.21. The second-order valence-electron chi connectivity index (χ2n) is 3.66. The van der Waals surface area contributed by atoms with Gasteiger partial charge in [0.15, 0.2) is 6.29 Å². The van der Waals surface area contributed by atoms with Gasteiger partial charge in [0.2, 0.25) is 5.69 Å². The quantitative estimate of drug-likeness (QED) is 0.348. The molecule has 0 aromatic carbocycles. The van der Waals surface area contributed by atoms with Gasteiger partial charge >= 0.3 is 0 Å². The van der Waals surface area contributed by atoms with Crippen LogP contribution in [-0.2, 0) is 21.3 Å². The molecule has 0 atom stereocenters. The van der Waals surface area contributed by atoms with Crippen molar-refractivity contribution in [2.45, 2.75) is 45.8 Å². The Morgan fingerprint density at radius 2 is 1.59 bits per heavy atom. The molecule has 104 valence electrons. The van der Waals surface area contributed by atoms with E-state index in [0.29, 0.717) is 19.0 Å². The lowest BCUT2D eigenvalue weighted by Crippen LogP contribution is -2.21. The number of hydrogen-bond acceptors (Lipinski definition) is 4. The summed E-state index contributed by atoms with van der Waals surface area (Å²) in [6, 6.07) is 0. The highest BCUT2D eigenvalue weighted by atomic mass is 32.9. The number of rotatable bonds is 11. The number of ether oxygens (including phenoxy) is 2. The number of unbranched alkanes of at least 4 members (excludes halogenated alkanes) is 2. The van der Waals surface area contributed by atoms with Crippen LogP contribution in [0, 0.1) is 0 Å². The van der Waals surface area contributed by atoms with Crippen molar-refractivity contribution in [3.05, 3.63) is 0 Å². The van der Waals surface area contributed by atoms with Gasteiger partial charge in [0.05, 0.1) is 5.75 Å². The third-order valence-electron chi connectivity index (χ3n) is 1.98. The zero-order valence-electron chi connectivity index (χ0n) is 10.5. The lowest BCUT2D eigenvalue weighted by Gasteiger charge is -2.19. The molecule has 0 bridgehead atoms. The van der Waals surface area contributed by atoms with Crippen LogP contribution in [0.15, 0.2) is 0 Å². The molecule has 0 aromatic heterocycles. The van der Waals surface area contributed by atoms with Gasteiger partial charge in [0.25, 0.3) is 0 Å². The van der Waals surface area contributed by atoms with Gasteiger partial charge < -0.3 is 19.3 Å². The molecule has 0 fully saturated rings. The van der Waals surface area contributed by atoms with Gasteiger partial charge in [-0.1, -0.05) is 38.1 Å². The predicted octanol–water partition coefficient (Wildman–Crippen LogP) is 2.89. The van der Waals surface area contributed by atoms with E-state index in [1.807, 2.05) is 0 Å². The van der Waals surface area contributed by atoms with Crippen LogP contribution in [0.5, 0.6) is 0 Å². The van der Waals surface area contributed by atoms with Crippen molar-refractivity contribution in [3.8, 4) is 0 Å². The molecule has 4 nitrogen and oxygen atoms in total. The van der Waals surface area contributed by atoms with Crippen molar-refractivity contribution in [2.75, 3.05) is 19.0 Å². The van der Waals surface area contributed by atoms with Crippen LogP contribution in [0.1, 0.15) is 39.5 Å². The van der Waals surface area contributed by atoms with Crippen LogP contribution >= 0.6 is 17.1 Å². The molecule has 7 heteroatoms. The average Bonchev–Trinajstić information content (AvgIpc) is 2.24. The Morgan fingerprint density at radius 3 is 1.94 bits per heavy atom. The first-order chi connectivity index (χ1) is 7.99. The standard InChI is InChI=1S/C10H23O4PS2/c1-3-5-7-13-10(14-8-6-4-2)9-17-15(11,12)16/h10H,3-9H2,1-2H3,(H2,11,12,16). The molecule has 0 saturated heterocycles. The second kappa shape index (κ2) is 10.7. The average molecular weight is 302 g/mol. The fraction of sp³-hybridized carbons (Fsp3) is 1.00. The Bertz CT molecular complexity index is 212. The Balaban J connectivity index is 3.87. The fourth-order valence-electron chi connectivity index (χ4n) is 1.02. The van der Waals surface area contributed by atoms with Crippen LogP contribution in [0.3, 0.4) is 0 Å². The first kappa shape index (κ1) is 17.8. The van der Waals surface area contributed by atoms with Gasteiger partial charge in [-0.3, -0.25) is 0 Å². The van der Waals surface area contributed by atoms with Crippen molar-refractivity contribution in [1.29, 1.82) is 0 Å². The summed E-state index contributed by atoms with van der Waals surface area (Å²) in [5.74, 6) is 0.373. The fourth-order valence-corrected chi connectivity index (χ4v) is 3.02. The first-order valence-electron chi connectivity index (χ1n) is 5.93. The molecule has 0 amide bonds. The van der Waals surface area contributed by atoms with E-state index in [-0.39, 0.29) is 6.29 Å². The van der Waals surface area contributed by atoms with E-state index in [2.05, 4.69) is 25.7 Å². The molecule has 0 spiro atoms. The first-order valence-corrected chi connectivity index (χ1v) is 10.2. The van der Waals surface area contributed by atoms with Crippen molar-refractivity contribution < 1.29 is 19.3 Å². The molecule has 0 saturated carbocycles.